The minimum absolute atomic E-state index is 0.0263. The Labute approximate surface area is 290 Å². The third-order valence-electron chi connectivity index (χ3n) is 11.5. The van der Waals surface area contributed by atoms with E-state index in [0.29, 0.717) is 0 Å². The minimum Gasteiger partial charge on any atom is -0.462 e. The molecule has 0 aromatic heterocycles. The molecule has 0 radical (unpaired) electrons. The third-order valence-corrected chi connectivity index (χ3v) is 11.5. The molecule has 12 heteroatoms. The topological polar surface area (TPSA) is 175 Å². The minimum atomic E-state index is -1.84. The van der Waals surface area contributed by atoms with E-state index in [1.165, 1.54) is 27.7 Å². The molecule has 6 rings (SSSR count). The van der Waals surface area contributed by atoms with Crippen LogP contribution in [0.4, 0.5) is 0 Å². The number of hydrogen-bond acceptors (Lipinski definition) is 12. The molecular weight excluding hydrogens is 648 g/mol. The van der Waals surface area contributed by atoms with Gasteiger partial charge in [-0.1, -0.05) is 43.3 Å². The molecule has 12 nitrogen and oxygen atoms in total. The average molecular weight is 693 g/mol. The predicted octanol–water partition coefficient (Wildman–Crippen LogP) is 3.31. The van der Waals surface area contributed by atoms with E-state index in [2.05, 4.69) is 0 Å². The van der Waals surface area contributed by atoms with E-state index in [1.54, 1.807) is 74.5 Å². The molecule has 50 heavy (non-hydrogen) atoms. The van der Waals surface area contributed by atoms with Crippen molar-refractivity contribution in [2.75, 3.05) is 6.61 Å². The van der Waals surface area contributed by atoms with Gasteiger partial charge in [-0.3, -0.25) is 9.59 Å². The number of carbonyl (C=O) groups is 4. The number of carbonyl (C=O) groups excluding carboxylic acids is 4. The molecule has 2 saturated carbocycles. The Morgan fingerprint density at radius 2 is 1.38 bits per heavy atom. The van der Waals surface area contributed by atoms with Crippen LogP contribution in [0.2, 0.25) is 0 Å². The lowest BCUT2D eigenvalue weighted by molar-refractivity contribution is -0.351. The number of aliphatic hydroxyl groups excluding tert-OH is 2. The van der Waals surface area contributed by atoms with Crippen molar-refractivity contribution < 1.29 is 58.2 Å². The van der Waals surface area contributed by atoms with Gasteiger partial charge < -0.3 is 39.0 Å². The maximum Gasteiger partial charge on any atom is 0.338 e. The van der Waals surface area contributed by atoms with E-state index in [4.69, 9.17) is 23.7 Å². The highest BCUT2D eigenvalue weighted by molar-refractivity contribution is 5.90. The van der Waals surface area contributed by atoms with Crippen LogP contribution < -0.4 is 0 Å². The first-order valence-electron chi connectivity index (χ1n) is 16.8. The lowest BCUT2D eigenvalue weighted by Crippen LogP contribution is -2.79. The first-order valence-corrected chi connectivity index (χ1v) is 16.8. The number of rotatable bonds is 7. The summed E-state index contributed by atoms with van der Waals surface area (Å²) in [6.45, 7) is 8.48. The van der Waals surface area contributed by atoms with Gasteiger partial charge in [0.25, 0.3) is 0 Å². The van der Waals surface area contributed by atoms with Gasteiger partial charge in [-0.2, -0.15) is 0 Å². The monoisotopic (exact) mass is 692 g/mol. The van der Waals surface area contributed by atoms with Crippen LogP contribution in [0.5, 0.6) is 0 Å². The lowest BCUT2D eigenvalue weighted by Gasteiger charge is -2.65. The first-order chi connectivity index (χ1) is 23.5. The highest BCUT2D eigenvalue weighted by Crippen LogP contribution is 2.68. The van der Waals surface area contributed by atoms with Crippen molar-refractivity contribution in [2.24, 2.45) is 16.7 Å². The Balaban J connectivity index is 1.69. The van der Waals surface area contributed by atoms with E-state index in [9.17, 15) is 34.5 Å². The van der Waals surface area contributed by atoms with Gasteiger partial charge in [-0.15, -0.1) is 0 Å². The summed E-state index contributed by atoms with van der Waals surface area (Å²) in [5.74, 6) is -4.22. The van der Waals surface area contributed by atoms with Crippen LogP contribution in [0.3, 0.4) is 0 Å². The maximum atomic E-state index is 14.2. The van der Waals surface area contributed by atoms with Crippen LogP contribution in [0, 0.1) is 16.7 Å². The van der Waals surface area contributed by atoms with Crippen LogP contribution >= 0.6 is 0 Å². The van der Waals surface area contributed by atoms with Crippen LogP contribution in [0.15, 0.2) is 71.8 Å². The number of ether oxygens (including phenoxy) is 5. The molecule has 10 atom stereocenters. The Morgan fingerprint density at radius 3 is 1.84 bits per heavy atom. The molecular formula is C38H44O12. The van der Waals surface area contributed by atoms with Crippen molar-refractivity contribution in [3.63, 3.8) is 0 Å². The summed E-state index contributed by atoms with van der Waals surface area (Å²) in [6, 6.07) is 16.3. The van der Waals surface area contributed by atoms with Crippen LogP contribution in [-0.4, -0.2) is 93.6 Å². The van der Waals surface area contributed by atoms with Gasteiger partial charge in [0.2, 0.25) is 0 Å². The fourth-order valence-corrected chi connectivity index (χ4v) is 9.29. The zero-order valence-electron chi connectivity index (χ0n) is 29.0. The molecule has 3 fully saturated rings. The normalized spacial score (nSPS) is 36.1. The van der Waals surface area contributed by atoms with E-state index >= 15 is 0 Å². The predicted molar refractivity (Wildman–Crippen MR) is 175 cm³/mol. The quantitative estimate of drug-likeness (QED) is 0.220. The molecule has 0 spiro atoms. The molecule has 268 valence electrons. The fourth-order valence-electron chi connectivity index (χ4n) is 9.29. The lowest BCUT2D eigenvalue weighted by atomic mass is 9.49. The summed E-state index contributed by atoms with van der Waals surface area (Å²) in [5, 5.41) is 36.6. The second-order valence-electron chi connectivity index (χ2n) is 14.7. The molecule has 0 amide bonds. The highest BCUT2D eigenvalue weighted by atomic mass is 16.6. The molecule has 1 aliphatic heterocycles. The summed E-state index contributed by atoms with van der Waals surface area (Å²) >= 11 is 0. The van der Waals surface area contributed by atoms with E-state index < -0.39 is 88.5 Å². The Morgan fingerprint density at radius 1 is 0.840 bits per heavy atom. The molecule has 3 aliphatic carbocycles. The number of hydrogen-bond donors (Lipinski definition) is 3. The Hall–Kier alpha value is -4.10. The molecule has 0 bridgehead atoms. The van der Waals surface area contributed by atoms with E-state index in [0.717, 1.165) is 0 Å². The second kappa shape index (κ2) is 12.6. The molecule has 3 N–H and O–H groups in total. The van der Waals surface area contributed by atoms with Crippen molar-refractivity contribution in [1.29, 1.82) is 0 Å². The number of esters is 4. The average Bonchev–Trinajstić information content (AvgIpc) is 3.30. The van der Waals surface area contributed by atoms with Gasteiger partial charge in [0.1, 0.15) is 30.5 Å². The second-order valence-corrected chi connectivity index (χ2v) is 14.7. The molecule has 2 unspecified atom stereocenters. The van der Waals surface area contributed by atoms with Gasteiger partial charge in [0, 0.05) is 20.3 Å². The molecule has 4 aliphatic rings. The highest BCUT2D eigenvalue weighted by Gasteiger charge is 2.80. The number of benzene rings is 2. The molecule has 2 aromatic rings. The van der Waals surface area contributed by atoms with Crippen molar-refractivity contribution >= 4 is 23.9 Å². The van der Waals surface area contributed by atoms with Gasteiger partial charge in [0.05, 0.1) is 46.2 Å². The van der Waals surface area contributed by atoms with Crippen LogP contribution in [0.1, 0.15) is 75.1 Å². The van der Waals surface area contributed by atoms with Gasteiger partial charge >= 0.3 is 23.9 Å². The van der Waals surface area contributed by atoms with Gasteiger partial charge in [-0.05, 0) is 62.6 Å². The Bertz CT molecular complexity index is 1700. The summed E-state index contributed by atoms with van der Waals surface area (Å²) in [5.41, 5.74) is -6.11. The molecule has 1 saturated heterocycles. The van der Waals surface area contributed by atoms with Gasteiger partial charge in [0.15, 0.2) is 5.60 Å². The SMILES string of the molecule is CC(=O)O[C@H]1C[C@H]2OC[C@@]2(OC(C)=O)C2C(OC(=O)c3ccccc3)[C@]3(C(C)(C)O)C[C@H](O)C(C)=C3[C@@H](O)[C@H](OC(=O)c3ccccc3)[C@@]21C. The zero-order valence-corrected chi connectivity index (χ0v) is 29.0. The summed E-state index contributed by atoms with van der Waals surface area (Å²) in [6.07, 6.45) is -8.27. The summed E-state index contributed by atoms with van der Waals surface area (Å²) in [4.78, 5) is 53.9. The molecule has 1 heterocycles. The van der Waals surface area contributed by atoms with Crippen LogP contribution in [-0.2, 0) is 33.3 Å². The summed E-state index contributed by atoms with van der Waals surface area (Å²) < 4.78 is 31.0. The number of fused-ring (bicyclic) bond motifs is 4. The van der Waals surface area contributed by atoms with Crippen molar-refractivity contribution in [3.8, 4) is 0 Å². The van der Waals surface area contributed by atoms with Crippen molar-refractivity contribution in [1.82, 2.24) is 0 Å². The smallest absolute Gasteiger partial charge is 0.338 e. The number of aliphatic hydroxyl groups is 3. The largest absolute Gasteiger partial charge is 0.462 e. The molecule has 2 aromatic carbocycles. The van der Waals surface area contributed by atoms with E-state index in [-0.39, 0.29) is 41.7 Å². The van der Waals surface area contributed by atoms with E-state index in [1.807, 2.05) is 0 Å². The standard InChI is InChI=1S/C38H44O12/c1-20-25(41)18-37(35(4,5)45)28(20)29(42)31(48-33(43)23-13-9-7-10-14-23)36(6)26(47-21(2)39)17-27-38(19-46-27,50-22(3)40)30(36)32(37)49-34(44)24-15-11-8-12-16-24/h7-16,25-27,29-32,41-42,45H,17-19H2,1-6H3/t25-,26-,27+,29+,30?,31-,32?,36+,37-,38-/m0/s1. The van der Waals surface area contributed by atoms with Crippen molar-refractivity contribution in [3.05, 3.63) is 82.9 Å². The first kappa shape index (κ1) is 35.7. The Kier molecular flexibility index (Phi) is 8.99. The van der Waals surface area contributed by atoms with Gasteiger partial charge in [-0.25, -0.2) is 9.59 Å². The van der Waals surface area contributed by atoms with Crippen molar-refractivity contribution in [2.45, 2.75) is 102 Å². The van der Waals surface area contributed by atoms with Crippen LogP contribution in [0.25, 0.3) is 0 Å². The summed E-state index contributed by atoms with van der Waals surface area (Å²) in [7, 11) is 0. The maximum absolute atomic E-state index is 14.2. The fraction of sp³-hybridized carbons (Fsp3) is 0.526. The third kappa shape index (κ3) is 5.35. The zero-order chi connectivity index (χ0) is 36.4.